The minimum atomic E-state index is -4.83. The Kier molecular flexibility index (Phi) is 11.6. The Morgan fingerprint density at radius 3 is 1.20 bits per heavy atom. The van der Waals surface area contributed by atoms with E-state index in [1.807, 2.05) is 187 Å². The van der Waals surface area contributed by atoms with Gasteiger partial charge in [0, 0.05) is 44.2 Å². The summed E-state index contributed by atoms with van der Waals surface area (Å²) in [5.41, 5.74) is 9.92. The molecule has 0 saturated heterocycles. The van der Waals surface area contributed by atoms with E-state index in [1.165, 1.54) is 12.1 Å². The average molecular weight is 974 g/mol. The molecule has 0 spiro atoms. The van der Waals surface area contributed by atoms with Crippen LogP contribution in [0.4, 0.5) is 18.9 Å². The van der Waals surface area contributed by atoms with Crippen LogP contribution in [0, 0.1) is 17.9 Å². The Morgan fingerprint density at radius 1 is 0.413 bits per heavy atom. The third-order valence-electron chi connectivity index (χ3n) is 13.3. The number of rotatable bonds is 9. The molecule has 0 aliphatic rings. The summed E-state index contributed by atoms with van der Waals surface area (Å²) in [5.74, 6) is 0.652. The van der Waals surface area contributed by atoms with Gasteiger partial charge in [-0.25, -0.2) is 24.8 Å². The molecule has 0 fully saturated rings. The zero-order valence-corrected chi connectivity index (χ0v) is 39.7. The van der Waals surface area contributed by atoms with Gasteiger partial charge in [-0.3, -0.25) is 0 Å². The summed E-state index contributed by atoms with van der Waals surface area (Å²) in [6.07, 6.45) is -4.83. The van der Waals surface area contributed by atoms with Gasteiger partial charge in [-0.15, -0.1) is 0 Å². The number of hydrogen-bond donors (Lipinski definition) is 0. The smallest absolute Gasteiger partial charge is 0.308 e. The fraction of sp³-hybridized carbons (Fsp3) is 0.0154. The second-order valence-corrected chi connectivity index (χ2v) is 18.0. The van der Waals surface area contributed by atoms with Gasteiger partial charge in [0.1, 0.15) is 0 Å². The van der Waals surface area contributed by atoms with Gasteiger partial charge in [0.15, 0.2) is 17.3 Å². The fourth-order valence-electron chi connectivity index (χ4n) is 9.63. The lowest BCUT2D eigenvalue weighted by Gasteiger charge is -2.22. The number of alkyl halides is 3. The van der Waals surface area contributed by atoms with Gasteiger partial charge >= 0.3 is 6.18 Å². The predicted molar refractivity (Wildman–Crippen MR) is 291 cm³/mol. The van der Waals surface area contributed by atoms with Crippen molar-refractivity contribution in [2.75, 3.05) is 0 Å². The Labute approximate surface area is 429 Å². The van der Waals surface area contributed by atoms with Gasteiger partial charge in [0.25, 0.3) is 0 Å². The van der Waals surface area contributed by atoms with E-state index in [0.717, 1.165) is 44.2 Å². The van der Waals surface area contributed by atoms with E-state index in [1.54, 1.807) is 36.4 Å². The monoisotopic (exact) mass is 973 g/mol. The second-order valence-electron chi connectivity index (χ2n) is 18.0. The van der Waals surface area contributed by atoms with Gasteiger partial charge in [-0.05, 0) is 70.8 Å². The van der Waals surface area contributed by atoms with Crippen LogP contribution in [0.15, 0.2) is 231 Å². The molecule has 7 nitrogen and oxygen atoms in total. The second kappa shape index (κ2) is 19.0. The lowest BCUT2D eigenvalue weighted by Crippen LogP contribution is -2.10. The molecule has 10 heteroatoms. The van der Waals surface area contributed by atoms with Crippen LogP contribution in [-0.2, 0) is 6.18 Å². The maximum Gasteiger partial charge on any atom is 0.416 e. The van der Waals surface area contributed by atoms with Crippen molar-refractivity contribution in [1.82, 2.24) is 24.5 Å². The van der Waals surface area contributed by atoms with Crippen LogP contribution < -0.4 is 0 Å². The Hall–Kier alpha value is -10.3. The Balaban J connectivity index is 1.27. The van der Waals surface area contributed by atoms with Crippen LogP contribution in [0.1, 0.15) is 11.1 Å². The average Bonchev–Trinajstić information content (AvgIpc) is 3.81. The minimum absolute atomic E-state index is 0.173. The third-order valence-corrected chi connectivity index (χ3v) is 13.3. The van der Waals surface area contributed by atoms with Crippen LogP contribution in [0.25, 0.3) is 122 Å². The molecule has 0 atom stereocenters. The summed E-state index contributed by atoms with van der Waals surface area (Å²) < 4.78 is 50.1. The van der Waals surface area contributed by atoms with Crippen LogP contribution in [0.5, 0.6) is 0 Å². The van der Waals surface area contributed by atoms with E-state index in [2.05, 4.69) is 10.9 Å². The number of aromatic nitrogens is 5. The quantitative estimate of drug-likeness (QED) is 0.135. The predicted octanol–water partition coefficient (Wildman–Crippen LogP) is 17.1. The van der Waals surface area contributed by atoms with E-state index < -0.39 is 11.7 Å². The zero-order valence-electron chi connectivity index (χ0n) is 39.7. The fourth-order valence-corrected chi connectivity index (χ4v) is 9.63. The zero-order chi connectivity index (χ0) is 51.0. The van der Waals surface area contributed by atoms with Crippen molar-refractivity contribution in [3.8, 4) is 102 Å². The SMILES string of the molecule is [C-]#[N+]c1ccc(-c2ccc3c4ccc(-c5ccc(C#N)cc5)cc4n(-c4c(-c5cc(-c6ccccc6)nc(-c6ccccc6)n5)cc(C(F)(F)F)cc4-c4cc(-c5ccccc5)nc(-c5ccccc5)n4)c3c2)cc1. The van der Waals surface area contributed by atoms with Crippen LogP contribution in [0.3, 0.4) is 0 Å². The molecule has 0 aliphatic heterocycles. The molecule has 9 aromatic carbocycles. The van der Waals surface area contributed by atoms with Crippen molar-refractivity contribution in [1.29, 1.82) is 5.26 Å². The van der Waals surface area contributed by atoms with Gasteiger partial charge in [0.05, 0.1) is 63.3 Å². The van der Waals surface area contributed by atoms with Crippen molar-refractivity contribution in [2.45, 2.75) is 6.18 Å². The minimum Gasteiger partial charge on any atom is -0.308 e. The third kappa shape index (κ3) is 8.84. The molecule has 0 radical (unpaired) electrons. The molecule has 0 aliphatic carbocycles. The normalized spacial score (nSPS) is 11.4. The molecule has 12 rings (SSSR count). The summed E-state index contributed by atoms with van der Waals surface area (Å²) in [6.45, 7) is 7.61. The molecule has 354 valence electrons. The topological polar surface area (TPSA) is 84.6 Å². The first kappa shape index (κ1) is 45.8. The van der Waals surface area contributed by atoms with Gasteiger partial charge in [0.2, 0.25) is 0 Å². The van der Waals surface area contributed by atoms with E-state index in [0.29, 0.717) is 62.1 Å². The van der Waals surface area contributed by atoms with Crippen molar-refractivity contribution >= 4 is 27.5 Å². The molecule has 75 heavy (non-hydrogen) atoms. The van der Waals surface area contributed by atoms with Gasteiger partial charge in [-0.2, -0.15) is 18.4 Å². The highest BCUT2D eigenvalue weighted by molar-refractivity contribution is 6.12. The Morgan fingerprint density at radius 2 is 0.800 bits per heavy atom. The number of fused-ring (bicyclic) bond motifs is 3. The van der Waals surface area contributed by atoms with E-state index >= 15 is 13.2 Å². The van der Waals surface area contributed by atoms with E-state index in [4.69, 9.17) is 26.5 Å². The first-order valence-electron chi connectivity index (χ1n) is 24.0. The summed E-state index contributed by atoms with van der Waals surface area (Å²) in [7, 11) is 0. The summed E-state index contributed by atoms with van der Waals surface area (Å²) in [6, 6.07) is 72.8. The molecule has 0 bridgehead atoms. The first-order valence-corrected chi connectivity index (χ1v) is 24.0. The van der Waals surface area contributed by atoms with Gasteiger partial charge in [-0.1, -0.05) is 182 Å². The van der Waals surface area contributed by atoms with Crippen molar-refractivity contribution in [2.24, 2.45) is 0 Å². The van der Waals surface area contributed by atoms with E-state index in [9.17, 15) is 5.26 Å². The molecule has 0 N–H and O–H groups in total. The molecular weight excluding hydrogens is 936 g/mol. The highest BCUT2D eigenvalue weighted by Gasteiger charge is 2.35. The maximum absolute atomic E-state index is 16.0. The lowest BCUT2D eigenvalue weighted by atomic mass is 9.95. The maximum atomic E-state index is 16.0. The Bertz CT molecular complexity index is 3820. The number of halogens is 3. The van der Waals surface area contributed by atoms with Crippen molar-refractivity contribution in [3.63, 3.8) is 0 Å². The molecular formula is C65H38F3N7. The molecule has 0 unspecified atom stereocenters. The standard InChI is InChI=1S/C65H38F3N7/c1-70-51-30-26-43(27-31-51)49-29-33-53-52-32-28-48(42-24-22-41(40-69)23-25-42)34-60(52)75(61(53)35-49)62-54(58-38-56(44-14-6-2-7-15-44)71-63(73-58)46-18-10-4-11-19-46)36-50(65(66,67)68)37-55(62)59-39-57(45-16-8-3-9-17-45)72-64(74-59)47-20-12-5-13-21-47/h2-39H. The number of nitrogens with zero attached hydrogens (tertiary/aromatic N) is 7. The van der Waals surface area contributed by atoms with Crippen LogP contribution in [0.2, 0.25) is 0 Å². The highest BCUT2D eigenvalue weighted by atomic mass is 19.4. The van der Waals surface area contributed by atoms with Gasteiger partial charge < -0.3 is 4.57 Å². The molecule has 0 saturated carbocycles. The first-order chi connectivity index (χ1) is 36.7. The van der Waals surface area contributed by atoms with Crippen molar-refractivity contribution in [3.05, 3.63) is 253 Å². The molecule has 3 heterocycles. The summed E-state index contributed by atoms with van der Waals surface area (Å²) in [5, 5.41) is 11.4. The van der Waals surface area contributed by atoms with Crippen LogP contribution in [-0.4, -0.2) is 24.5 Å². The highest BCUT2D eigenvalue weighted by Crippen LogP contribution is 2.47. The van der Waals surface area contributed by atoms with Crippen LogP contribution >= 0.6 is 0 Å². The number of hydrogen-bond acceptors (Lipinski definition) is 5. The molecule has 12 aromatic rings. The summed E-state index contributed by atoms with van der Waals surface area (Å²) >= 11 is 0. The number of nitriles is 1. The molecule has 3 aromatic heterocycles. The van der Waals surface area contributed by atoms with E-state index in [-0.39, 0.29) is 22.5 Å². The van der Waals surface area contributed by atoms with Crippen molar-refractivity contribution < 1.29 is 13.2 Å². The summed E-state index contributed by atoms with van der Waals surface area (Å²) in [4.78, 5) is 24.1. The largest absolute Gasteiger partial charge is 0.416 e. The molecule has 0 amide bonds. The lowest BCUT2D eigenvalue weighted by molar-refractivity contribution is -0.137. The number of benzene rings is 9.